The maximum absolute atomic E-state index is 12.8. The molecular formula is C20H21FN2O4. The number of carbonyl (C=O) groups excluding carboxylic acids is 3. The molecule has 0 bridgehead atoms. The van der Waals surface area contributed by atoms with Crippen LogP contribution in [0.25, 0.3) is 0 Å². The van der Waals surface area contributed by atoms with Crippen LogP contribution in [0.15, 0.2) is 42.5 Å². The summed E-state index contributed by atoms with van der Waals surface area (Å²) in [5.74, 6) is -1.15. The van der Waals surface area contributed by atoms with Gasteiger partial charge in [-0.1, -0.05) is 12.1 Å². The Morgan fingerprint density at radius 1 is 0.926 bits per heavy atom. The van der Waals surface area contributed by atoms with E-state index < -0.39 is 17.6 Å². The Balaban J connectivity index is 1.70. The molecule has 2 N–H and O–H groups in total. The molecule has 7 heteroatoms. The lowest BCUT2D eigenvalue weighted by Gasteiger charge is -2.11. The van der Waals surface area contributed by atoms with Gasteiger partial charge in [-0.25, -0.2) is 4.39 Å². The molecule has 2 aromatic carbocycles. The van der Waals surface area contributed by atoms with E-state index >= 15 is 0 Å². The molecule has 0 fully saturated rings. The quantitative estimate of drug-likeness (QED) is 0.578. The maximum Gasteiger partial charge on any atom is 0.276 e. The summed E-state index contributed by atoms with van der Waals surface area (Å²) in [6.07, 6.45) is -0.152. The number of halogens is 1. The van der Waals surface area contributed by atoms with Crippen LogP contribution in [0.3, 0.4) is 0 Å². The Hall–Kier alpha value is -3.22. The second-order valence-corrected chi connectivity index (χ2v) is 6.08. The van der Waals surface area contributed by atoms with Crippen molar-refractivity contribution < 1.29 is 23.5 Å². The number of nitrogens with one attached hydrogen (secondary N) is 2. The van der Waals surface area contributed by atoms with E-state index in [1.807, 2.05) is 32.0 Å². The van der Waals surface area contributed by atoms with Gasteiger partial charge in [-0.05, 0) is 55.3 Å². The van der Waals surface area contributed by atoms with Crippen LogP contribution in [0.4, 0.5) is 4.39 Å². The number of aryl methyl sites for hydroxylation is 2. The summed E-state index contributed by atoms with van der Waals surface area (Å²) in [5.41, 5.74) is 6.70. The predicted octanol–water partition coefficient (Wildman–Crippen LogP) is 2.63. The van der Waals surface area contributed by atoms with Gasteiger partial charge < -0.3 is 4.74 Å². The monoisotopic (exact) mass is 372 g/mol. The molecule has 0 saturated carbocycles. The molecule has 0 aliphatic rings. The van der Waals surface area contributed by atoms with E-state index in [2.05, 4.69) is 10.9 Å². The Kier molecular flexibility index (Phi) is 7.05. The maximum atomic E-state index is 12.8. The number of hydrogen-bond donors (Lipinski definition) is 2. The van der Waals surface area contributed by atoms with Crippen molar-refractivity contribution in [1.82, 2.24) is 10.9 Å². The van der Waals surface area contributed by atoms with Crippen LogP contribution in [0.2, 0.25) is 0 Å². The minimum absolute atomic E-state index is 0.0493. The fourth-order valence-electron chi connectivity index (χ4n) is 2.25. The van der Waals surface area contributed by atoms with Crippen molar-refractivity contribution in [3.63, 3.8) is 0 Å². The molecule has 0 saturated heterocycles. The number of Topliss-reactive ketones (excluding diaryl/α,β-unsaturated/α-hetero) is 1. The molecule has 6 nitrogen and oxygen atoms in total. The lowest BCUT2D eigenvalue weighted by Crippen LogP contribution is -2.43. The van der Waals surface area contributed by atoms with Gasteiger partial charge in [-0.3, -0.25) is 25.2 Å². The van der Waals surface area contributed by atoms with Crippen molar-refractivity contribution in [3.05, 3.63) is 65.0 Å². The molecule has 0 unspecified atom stereocenters. The topological polar surface area (TPSA) is 84.5 Å². The van der Waals surface area contributed by atoms with Crippen molar-refractivity contribution in [2.75, 3.05) is 6.61 Å². The van der Waals surface area contributed by atoms with E-state index in [-0.39, 0.29) is 25.2 Å². The largest absolute Gasteiger partial charge is 0.483 e. The highest BCUT2D eigenvalue weighted by Crippen LogP contribution is 2.18. The number of hydrogen-bond acceptors (Lipinski definition) is 4. The van der Waals surface area contributed by atoms with Crippen LogP contribution in [0, 0.1) is 19.7 Å². The van der Waals surface area contributed by atoms with Crippen LogP contribution >= 0.6 is 0 Å². The van der Waals surface area contributed by atoms with E-state index in [4.69, 9.17) is 4.74 Å². The minimum atomic E-state index is -0.519. The van der Waals surface area contributed by atoms with Gasteiger partial charge in [0.25, 0.3) is 5.91 Å². The van der Waals surface area contributed by atoms with E-state index in [1.54, 1.807) is 0 Å². The van der Waals surface area contributed by atoms with E-state index in [0.717, 1.165) is 11.1 Å². The van der Waals surface area contributed by atoms with Gasteiger partial charge in [-0.2, -0.15) is 0 Å². The number of amides is 2. The van der Waals surface area contributed by atoms with Gasteiger partial charge in [0.05, 0.1) is 0 Å². The average molecular weight is 372 g/mol. The zero-order valence-corrected chi connectivity index (χ0v) is 15.2. The summed E-state index contributed by atoms with van der Waals surface area (Å²) in [7, 11) is 0. The number of benzene rings is 2. The lowest BCUT2D eigenvalue weighted by atomic mass is 10.1. The third kappa shape index (κ3) is 6.54. The fraction of sp³-hybridized carbons (Fsp3) is 0.250. The average Bonchev–Trinajstić information content (AvgIpc) is 2.65. The third-order valence-electron chi connectivity index (χ3n) is 3.79. The third-order valence-corrected chi connectivity index (χ3v) is 3.79. The number of rotatable bonds is 7. The second-order valence-electron chi connectivity index (χ2n) is 6.08. The first kappa shape index (κ1) is 20.1. The molecular weight excluding hydrogens is 351 g/mol. The molecule has 2 rings (SSSR count). The normalized spacial score (nSPS) is 10.2. The number of ether oxygens (including phenoxy) is 1. The highest BCUT2D eigenvalue weighted by molar-refractivity contribution is 5.98. The molecule has 0 spiro atoms. The zero-order valence-electron chi connectivity index (χ0n) is 15.2. The summed E-state index contributed by atoms with van der Waals surface area (Å²) in [6, 6.07) is 10.7. The number of carbonyl (C=O) groups is 3. The summed E-state index contributed by atoms with van der Waals surface area (Å²) >= 11 is 0. The van der Waals surface area contributed by atoms with Crippen molar-refractivity contribution in [2.24, 2.45) is 0 Å². The van der Waals surface area contributed by atoms with Crippen LogP contribution in [-0.2, 0) is 9.59 Å². The highest BCUT2D eigenvalue weighted by atomic mass is 19.1. The summed E-state index contributed by atoms with van der Waals surface area (Å²) in [4.78, 5) is 35.4. The Morgan fingerprint density at radius 2 is 1.59 bits per heavy atom. The molecule has 2 aromatic rings. The number of hydrazine groups is 1. The van der Waals surface area contributed by atoms with Gasteiger partial charge in [0.2, 0.25) is 5.91 Å². The van der Waals surface area contributed by atoms with Crippen molar-refractivity contribution in [2.45, 2.75) is 26.7 Å². The smallest absolute Gasteiger partial charge is 0.276 e. The van der Waals surface area contributed by atoms with Crippen LogP contribution < -0.4 is 15.6 Å². The molecule has 27 heavy (non-hydrogen) atoms. The Bertz CT molecular complexity index is 834. The fourth-order valence-corrected chi connectivity index (χ4v) is 2.25. The van der Waals surface area contributed by atoms with Gasteiger partial charge >= 0.3 is 0 Å². The second kappa shape index (κ2) is 9.47. The zero-order chi connectivity index (χ0) is 19.8. The van der Waals surface area contributed by atoms with Crippen LogP contribution in [0.5, 0.6) is 5.75 Å². The van der Waals surface area contributed by atoms with Crippen molar-refractivity contribution in [1.29, 1.82) is 0 Å². The van der Waals surface area contributed by atoms with E-state index in [9.17, 15) is 18.8 Å². The first-order valence-corrected chi connectivity index (χ1v) is 8.41. The summed E-state index contributed by atoms with van der Waals surface area (Å²) in [5, 5.41) is 0. The SMILES string of the molecule is Cc1ccc(C)c(OCC(=O)NNC(=O)CCC(=O)c2ccc(F)cc2)c1. The van der Waals surface area contributed by atoms with Gasteiger partial charge in [0.1, 0.15) is 11.6 Å². The summed E-state index contributed by atoms with van der Waals surface area (Å²) < 4.78 is 18.3. The summed E-state index contributed by atoms with van der Waals surface area (Å²) in [6.45, 7) is 3.53. The van der Waals surface area contributed by atoms with Crippen molar-refractivity contribution in [3.8, 4) is 5.75 Å². The molecule has 142 valence electrons. The molecule has 0 aromatic heterocycles. The first-order valence-electron chi connectivity index (χ1n) is 8.41. The minimum Gasteiger partial charge on any atom is -0.483 e. The van der Waals surface area contributed by atoms with Crippen molar-refractivity contribution >= 4 is 17.6 Å². The highest BCUT2D eigenvalue weighted by Gasteiger charge is 2.11. The van der Waals surface area contributed by atoms with E-state index in [0.29, 0.717) is 11.3 Å². The van der Waals surface area contributed by atoms with Gasteiger partial charge in [0.15, 0.2) is 12.4 Å². The van der Waals surface area contributed by atoms with Gasteiger partial charge in [0, 0.05) is 18.4 Å². The first-order chi connectivity index (χ1) is 12.8. The molecule has 0 heterocycles. The number of ketones is 1. The molecule has 0 aliphatic heterocycles. The Labute approximate surface area is 156 Å². The molecule has 0 aliphatic carbocycles. The van der Waals surface area contributed by atoms with Crippen LogP contribution in [0.1, 0.15) is 34.3 Å². The molecule has 0 atom stereocenters. The Morgan fingerprint density at radius 3 is 2.30 bits per heavy atom. The molecule has 2 amide bonds. The molecule has 0 radical (unpaired) electrons. The van der Waals surface area contributed by atoms with Crippen LogP contribution in [-0.4, -0.2) is 24.2 Å². The van der Waals surface area contributed by atoms with Gasteiger partial charge in [-0.15, -0.1) is 0 Å². The standard InChI is InChI=1S/C20H21FN2O4/c1-13-3-4-14(2)18(11-13)27-12-20(26)23-22-19(25)10-9-17(24)15-5-7-16(21)8-6-15/h3-8,11H,9-10,12H2,1-2H3,(H,22,25)(H,23,26). The lowest BCUT2D eigenvalue weighted by molar-refractivity contribution is -0.130. The van der Waals surface area contributed by atoms with E-state index in [1.165, 1.54) is 24.3 Å². The predicted molar refractivity (Wildman–Crippen MR) is 97.7 cm³/mol.